The van der Waals surface area contributed by atoms with E-state index in [-0.39, 0.29) is 17.8 Å². The summed E-state index contributed by atoms with van der Waals surface area (Å²) >= 11 is 1.41. The van der Waals surface area contributed by atoms with Gasteiger partial charge in [-0.2, -0.15) is 0 Å². The van der Waals surface area contributed by atoms with Crippen molar-refractivity contribution in [2.45, 2.75) is 6.54 Å². The SMILES string of the molecule is CNc1cccc(C(=O)NCc2nccs2)c1[N+](=O)[O-]. The number of hydrogen-bond acceptors (Lipinski definition) is 6. The number of nitrogens with zero attached hydrogens (tertiary/aromatic N) is 2. The quantitative estimate of drug-likeness (QED) is 0.649. The Morgan fingerprint density at radius 2 is 2.30 bits per heavy atom. The summed E-state index contributed by atoms with van der Waals surface area (Å²) in [7, 11) is 1.57. The van der Waals surface area contributed by atoms with Gasteiger partial charge in [-0.3, -0.25) is 14.9 Å². The first-order valence-corrected chi connectivity index (χ1v) is 6.63. The summed E-state index contributed by atoms with van der Waals surface area (Å²) < 4.78 is 0. The van der Waals surface area contributed by atoms with E-state index in [0.29, 0.717) is 5.69 Å². The monoisotopic (exact) mass is 292 g/mol. The van der Waals surface area contributed by atoms with Gasteiger partial charge in [-0.05, 0) is 12.1 Å². The summed E-state index contributed by atoms with van der Waals surface area (Å²) in [6.45, 7) is 0.247. The Bertz CT molecular complexity index is 628. The van der Waals surface area contributed by atoms with Crippen LogP contribution in [0.3, 0.4) is 0 Å². The van der Waals surface area contributed by atoms with Crippen LogP contribution in [0.1, 0.15) is 15.4 Å². The highest BCUT2D eigenvalue weighted by Crippen LogP contribution is 2.28. The molecular formula is C12H12N4O3S. The van der Waals surface area contributed by atoms with E-state index < -0.39 is 10.8 Å². The second kappa shape index (κ2) is 6.11. The van der Waals surface area contributed by atoms with Crippen LogP contribution in [0.15, 0.2) is 29.8 Å². The number of nitro groups is 1. The second-order valence-electron chi connectivity index (χ2n) is 3.82. The minimum absolute atomic E-state index is 0.0263. The van der Waals surface area contributed by atoms with Gasteiger partial charge in [0.25, 0.3) is 5.91 Å². The van der Waals surface area contributed by atoms with Crippen molar-refractivity contribution in [2.24, 2.45) is 0 Å². The lowest BCUT2D eigenvalue weighted by molar-refractivity contribution is -0.384. The summed E-state index contributed by atoms with van der Waals surface area (Å²) in [5.41, 5.74) is 0.0990. The highest BCUT2D eigenvalue weighted by molar-refractivity contribution is 7.09. The Morgan fingerprint density at radius 3 is 2.90 bits per heavy atom. The lowest BCUT2D eigenvalue weighted by atomic mass is 10.1. The van der Waals surface area contributed by atoms with E-state index in [1.165, 1.54) is 17.4 Å². The summed E-state index contributed by atoms with van der Waals surface area (Å²) in [4.78, 5) is 26.6. The molecule has 104 valence electrons. The number of anilines is 1. The maximum Gasteiger partial charge on any atom is 0.305 e. The van der Waals surface area contributed by atoms with Gasteiger partial charge in [0.15, 0.2) is 0 Å². The Labute approximate surface area is 118 Å². The normalized spacial score (nSPS) is 10.1. The second-order valence-corrected chi connectivity index (χ2v) is 4.80. The van der Waals surface area contributed by atoms with Gasteiger partial charge in [0.05, 0.1) is 11.5 Å². The molecule has 1 heterocycles. The molecule has 8 heteroatoms. The molecule has 0 spiro atoms. The third-order valence-electron chi connectivity index (χ3n) is 2.62. The Hall–Kier alpha value is -2.48. The van der Waals surface area contributed by atoms with E-state index in [1.54, 1.807) is 30.8 Å². The summed E-state index contributed by atoms with van der Waals surface area (Å²) in [5.74, 6) is -0.496. The van der Waals surface area contributed by atoms with Gasteiger partial charge in [0, 0.05) is 18.6 Å². The van der Waals surface area contributed by atoms with E-state index in [4.69, 9.17) is 0 Å². The zero-order valence-electron chi connectivity index (χ0n) is 10.6. The van der Waals surface area contributed by atoms with Crippen molar-refractivity contribution in [1.82, 2.24) is 10.3 Å². The van der Waals surface area contributed by atoms with E-state index in [0.717, 1.165) is 5.01 Å². The van der Waals surface area contributed by atoms with Crippen LogP contribution in [-0.2, 0) is 6.54 Å². The third kappa shape index (κ3) is 2.91. The van der Waals surface area contributed by atoms with E-state index in [9.17, 15) is 14.9 Å². The molecule has 1 aromatic heterocycles. The molecule has 0 aliphatic heterocycles. The number of carbonyl (C=O) groups excluding carboxylic acids is 1. The number of benzene rings is 1. The number of thiazole rings is 1. The number of aromatic nitrogens is 1. The fraction of sp³-hybridized carbons (Fsp3) is 0.167. The molecular weight excluding hydrogens is 280 g/mol. The molecule has 0 bridgehead atoms. The number of nitro benzene ring substituents is 1. The molecule has 2 N–H and O–H groups in total. The van der Waals surface area contributed by atoms with Gasteiger partial charge in [0.1, 0.15) is 16.3 Å². The van der Waals surface area contributed by atoms with Crippen molar-refractivity contribution in [2.75, 3.05) is 12.4 Å². The molecule has 20 heavy (non-hydrogen) atoms. The first-order chi connectivity index (χ1) is 9.63. The van der Waals surface area contributed by atoms with Crippen LogP contribution in [0.5, 0.6) is 0 Å². The van der Waals surface area contributed by atoms with Gasteiger partial charge >= 0.3 is 5.69 Å². The zero-order chi connectivity index (χ0) is 14.5. The third-order valence-corrected chi connectivity index (χ3v) is 3.40. The first kappa shape index (κ1) is 13.9. The fourth-order valence-electron chi connectivity index (χ4n) is 1.72. The van der Waals surface area contributed by atoms with Crippen LogP contribution in [0.25, 0.3) is 0 Å². The predicted octanol–water partition coefficient (Wildman–Crippen LogP) is 2.02. The molecule has 0 aliphatic rings. The van der Waals surface area contributed by atoms with Crippen LogP contribution in [0.2, 0.25) is 0 Å². The summed E-state index contributed by atoms with van der Waals surface area (Å²) in [5, 5.41) is 19.0. The Balaban J connectivity index is 2.23. The number of nitrogens with one attached hydrogen (secondary N) is 2. The number of hydrogen-bond donors (Lipinski definition) is 2. The minimum atomic E-state index is -0.565. The smallest absolute Gasteiger partial charge is 0.305 e. The Morgan fingerprint density at radius 1 is 1.50 bits per heavy atom. The van der Waals surface area contributed by atoms with Crippen molar-refractivity contribution in [3.8, 4) is 0 Å². The molecule has 0 unspecified atom stereocenters. The lowest BCUT2D eigenvalue weighted by Crippen LogP contribution is -2.23. The van der Waals surface area contributed by atoms with Crippen molar-refractivity contribution in [3.05, 3.63) is 50.5 Å². The average Bonchev–Trinajstić information content (AvgIpc) is 2.96. The Kier molecular flexibility index (Phi) is 4.26. The number of amides is 1. The van der Waals surface area contributed by atoms with Gasteiger partial charge in [-0.25, -0.2) is 4.98 Å². The number of para-hydroxylation sites is 1. The van der Waals surface area contributed by atoms with Gasteiger partial charge in [-0.1, -0.05) is 6.07 Å². The van der Waals surface area contributed by atoms with Crippen molar-refractivity contribution >= 4 is 28.6 Å². The molecule has 2 aromatic rings. The molecule has 0 radical (unpaired) electrons. The van der Waals surface area contributed by atoms with Crippen LogP contribution in [0.4, 0.5) is 11.4 Å². The standard InChI is InChI=1S/C12H12N4O3S/c1-13-9-4-2-3-8(11(9)16(18)19)12(17)15-7-10-14-5-6-20-10/h2-6,13H,7H2,1H3,(H,15,17). The molecule has 7 nitrogen and oxygen atoms in total. The maximum absolute atomic E-state index is 12.1. The molecule has 0 fully saturated rings. The van der Waals surface area contributed by atoms with E-state index in [2.05, 4.69) is 15.6 Å². The summed E-state index contributed by atoms with van der Waals surface area (Å²) in [6, 6.07) is 4.57. The number of carbonyl (C=O) groups is 1. The van der Waals surface area contributed by atoms with Gasteiger partial charge in [-0.15, -0.1) is 11.3 Å². The highest BCUT2D eigenvalue weighted by Gasteiger charge is 2.23. The van der Waals surface area contributed by atoms with Crippen molar-refractivity contribution in [3.63, 3.8) is 0 Å². The van der Waals surface area contributed by atoms with Crippen LogP contribution >= 0.6 is 11.3 Å². The van der Waals surface area contributed by atoms with Crippen LogP contribution in [-0.4, -0.2) is 22.9 Å². The molecule has 0 atom stereocenters. The first-order valence-electron chi connectivity index (χ1n) is 5.75. The molecule has 0 saturated carbocycles. The number of rotatable bonds is 5. The maximum atomic E-state index is 12.1. The van der Waals surface area contributed by atoms with E-state index in [1.807, 2.05) is 0 Å². The summed E-state index contributed by atoms with van der Waals surface area (Å²) in [6.07, 6.45) is 1.64. The average molecular weight is 292 g/mol. The topological polar surface area (TPSA) is 97.2 Å². The van der Waals surface area contributed by atoms with Crippen LogP contribution in [0, 0.1) is 10.1 Å². The van der Waals surface area contributed by atoms with Gasteiger partial charge < -0.3 is 10.6 Å². The largest absolute Gasteiger partial charge is 0.383 e. The highest BCUT2D eigenvalue weighted by atomic mass is 32.1. The van der Waals surface area contributed by atoms with Crippen molar-refractivity contribution < 1.29 is 9.72 Å². The fourth-order valence-corrected chi connectivity index (χ4v) is 2.27. The predicted molar refractivity (Wildman–Crippen MR) is 75.9 cm³/mol. The molecule has 0 saturated heterocycles. The van der Waals surface area contributed by atoms with Crippen molar-refractivity contribution in [1.29, 1.82) is 0 Å². The van der Waals surface area contributed by atoms with E-state index >= 15 is 0 Å². The lowest BCUT2D eigenvalue weighted by Gasteiger charge is -2.07. The molecule has 1 amide bonds. The zero-order valence-corrected chi connectivity index (χ0v) is 11.4. The molecule has 2 rings (SSSR count). The van der Waals surface area contributed by atoms with Crippen LogP contribution < -0.4 is 10.6 Å². The van der Waals surface area contributed by atoms with Gasteiger partial charge in [0.2, 0.25) is 0 Å². The molecule has 0 aliphatic carbocycles. The minimum Gasteiger partial charge on any atom is -0.383 e. The molecule has 1 aromatic carbocycles.